The number of rotatable bonds is 4. The lowest BCUT2D eigenvalue weighted by Gasteiger charge is -2.26. The molecule has 0 spiro atoms. The van der Waals surface area contributed by atoms with Gasteiger partial charge in [-0.3, -0.25) is 0 Å². The van der Waals surface area contributed by atoms with Gasteiger partial charge in [-0.25, -0.2) is 13.1 Å². The fraction of sp³-hybridized carbons (Fsp3) is 0.769. The summed E-state index contributed by atoms with van der Waals surface area (Å²) in [6.45, 7) is 0. The first kappa shape index (κ1) is 13.7. The van der Waals surface area contributed by atoms with Crippen LogP contribution in [-0.4, -0.2) is 30.5 Å². The Balaban J connectivity index is 1.99. The van der Waals surface area contributed by atoms with E-state index < -0.39 is 9.84 Å². The highest BCUT2D eigenvalue weighted by Crippen LogP contribution is 2.37. The van der Waals surface area contributed by atoms with E-state index in [4.69, 9.17) is 5.73 Å². The van der Waals surface area contributed by atoms with Crippen LogP contribution in [-0.2, 0) is 9.84 Å². The van der Waals surface area contributed by atoms with Crippen molar-refractivity contribution in [3.63, 3.8) is 0 Å². The summed E-state index contributed by atoms with van der Waals surface area (Å²) in [4.78, 5) is 0.177. The van der Waals surface area contributed by atoms with Crippen LogP contribution < -0.4 is 11.1 Å². The van der Waals surface area contributed by atoms with E-state index in [0.29, 0.717) is 17.7 Å². The molecule has 0 radical (unpaired) electrons. The van der Waals surface area contributed by atoms with Gasteiger partial charge in [-0.05, 0) is 32.1 Å². The molecule has 0 amide bonds. The standard InChI is InChI=1S/C13H22N4O2S/c1-20(18,19)11-12(14)17(10-7-2-3-8-10)16-13(11)15-9-5-4-6-9/h9-10H,2-8,14H2,1H3,(H,15,16). The summed E-state index contributed by atoms with van der Waals surface area (Å²) >= 11 is 0. The number of nitrogen functional groups attached to an aromatic ring is 1. The molecule has 7 heteroatoms. The maximum Gasteiger partial charge on any atom is 0.182 e. The summed E-state index contributed by atoms with van der Waals surface area (Å²) in [7, 11) is -3.37. The van der Waals surface area contributed by atoms with Gasteiger partial charge in [-0.15, -0.1) is 0 Å². The highest BCUT2D eigenvalue weighted by molar-refractivity contribution is 7.91. The van der Waals surface area contributed by atoms with Gasteiger partial charge in [-0.2, -0.15) is 5.10 Å². The number of nitrogens with one attached hydrogen (secondary N) is 1. The highest BCUT2D eigenvalue weighted by Gasteiger charge is 2.30. The lowest BCUT2D eigenvalue weighted by atomic mass is 9.93. The van der Waals surface area contributed by atoms with Gasteiger partial charge in [-0.1, -0.05) is 12.8 Å². The van der Waals surface area contributed by atoms with Crippen LogP contribution in [0.15, 0.2) is 4.90 Å². The number of anilines is 2. The molecule has 20 heavy (non-hydrogen) atoms. The lowest BCUT2D eigenvalue weighted by molar-refractivity contribution is 0.439. The van der Waals surface area contributed by atoms with Crippen molar-refractivity contribution in [2.45, 2.75) is 61.9 Å². The molecule has 0 atom stereocenters. The predicted octanol–water partition coefficient (Wildman–Crippen LogP) is 1.95. The van der Waals surface area contributed by atoms with Gasteiger partial charge < -0.3 is 11.1 Å². The Labute approximate surface area is 119 Å². The Kier molecular flexibility index (Phi) is 3.40. The van der Waals surface area contributed by atoms with Crippen LogP contribution in [0.25, 0.3) is 0 Å². The molecule has 2 aliphatic carbocycles. The van der Waals surface area contributed by atoms with Crippen LogP contribution in [0.1, 0.15) is 51.0 Å². The van der Waals surface area contributed by atoms with E-state index >= 15 is 0 Å². The summed E-state index contributed by atoms with van der Waals surface area (Å²) in [5, 5.41) is 7.73. The summed E-state index contributed by atoms with van der Waals surface area (Å²) in [6.07, 6.45) is 8.89. The minimum absolute atomic E-state index is 0.177. The zero-order valence-electron chi connectivity index (χ0n) is 11.8. The zero-order valence-corrected chi connectivity index (χ0v) is 12.6. The van der Waals surface area contributed by atoms with Crippen molar-refractivity contribution in [2.24, 2.45) is 0 Å². The molecule has 6 nitrogen and oxygen atoms in total. The number of hydrogen-bond donors (Lipinski definition) is 2. The van der Waals surface area contributed by atoms with Crippen molar-refractivity contribution in [1.29, 1.82) is 0 Å². The normalized spacial score (nSPS) is 21.1. The van der Waals surface area contributed by atoms with Gasteiger partial charge in [0.1, 0.15) is 5.82 Å². The molecule has 0 bridgehead atoms. The van der Waals surface area contributed by atoms with Gasteiger partial charge >= 0.3 is 0 Å². The summed E-state index contributed by atoms with van der Waals surface area (Å²) < 4.78 is 25.8. The Hall–Kier alpha value is -1.24. The molecule has 0 aliphatic heterocycles. The van der Waals surface area contributed by atoms with Crippen molar-refractivity contribution in [3.05, 3.63) is 0 Å². The molecule has 3 N–H and O–H groups in total. The molecular weight excluding hydrogens is 276 g/mol. The third kappa shape index (κ3) is 2.39. The van der Waals surface area contributed by atoms with E-state index in [1.54, 1.807) is 4.68 Å². The van der Waals surface area contributed by atoms with Crippen molar-refractivity contribution < 1.29 is 8.42 Å². The van der Waals surface area contributed by atoms with E-state index in [1.165, 1.54) is 12.7 Å². The van der Waals surface area contributed by atoms with E-state index in [-0.39, 0.29) is 10.9 Å². The number of sulfone groups is 1. The van der Waals surface area contributed by atoms with Crippen LogP contribution in [0, 0.1) is 0 Å². The summed E-state index contributed by atoms with van der Waals surface area (Å²) in [5.74, 6) is 0.739. The Morgan fingerprint density at radius 1 is 1.20 bits per heavy atom. The molecule has 1 aromatic rings. The molecule has 3 rings (SSSR count). The molecule has 2 aliphatic rings. The lowest BCUT2D eigenvalue weighted by Crippen LogP contribution is -2.28. The molecule has 0 aromatic carbocycles. The zero-order chi connectivity index (χ0) is 14.3. The molecule has 1 aromatic heterocycles. The fourth-order valence-electron chi connectivity index (χ4n) is 3.07. The van der Waals surface area contributed by atoms with Gasteiger partial charge in [0.2, 0.25) is 0 Å². The minimum Gasteiger partial charge on any atom is -0.383 e. The van der Waals surface area contributed by atoms with E-state index in [1.807, 2.05) is 0 Å². The topological polar surface area (TPSA) is 90.0 Å². The van der Waals surface area contributed by atoms with Crippen molar-refractivity contribution in [1.82, 2.24) is 9.78 Å². The largest absolute Gasteiger partial charge is 0.383 e. The predicted molar refractivity (Wildman–Crippen MR) is 78.5 cm³/mol. The van der Waals surface area contributed by atoms with Crippen molar-refractivity contribution in [3.8, 4) is 0 Å². The second kappa shape index (κ2) is 4.95. The molecule has 1 heterocycles. The number of nitrogens with zero attached hydrogens (tertiary/aromatic N) is 2. The van der Waals surface area contributed by atoms with Crippen LogP contribution >= 0.6 is 0 Å². The van der Waals surface area contributed by atoms with Gasteiger partial charge in [0.25, 0.3) is 0 Å². The Morgan fingerprint density at radius 3 is 2.35 bits per heavy atom. The third-order valence-electron chi connectivity index (χ3n) is 4.39. The first-order valence-electron chi connectivity index (χ1n) is 7.31. The first-order chi connectivity index (χ1) is 9.47. The van der Waals surface area contributed by atoms with E-state index in [9.17, 15) is 8.42 Å². The fourth-order valence-corrected chi connectivity index (χ4v) is 3.99. The second-order valence-corrected chi connectivity index (χ2v) is 7.94. The number of nitrogens with two attached hydrogens (primary N) is 1. The average Bonchev–Trinajstić information content (AvgIpc) is 2.89. The first-order valence-corrected chi connectivity index (χ1v) is 9.20. The second-order valence-electron chi connectivity index (χ2n) is 5.99. The molecular formula is C13H22N4O2S. The molecule has 0 unspecified atom stereocenters. The van der Waals surface area contributed by atoms with Gasteiger partial charge in [0.15, 0.2) is 20.6 Å². The minimum atomic E-state index is -3.37. The molecule has 2 fully saturated rings. The van der Waals surface area contributed by atoms with Gasteiger partial charge in [0.05, 0.1) is 6.04 Å². The quantitative estimate of drug-likeness (QED) is 0.886. The van der Waals surface area contributed by atoms with E-state index in [2.05, 4.69) is 10.4 Å². The number of hydrogen-bond acceptors (Lipinski definition) is 5. The van der Waals surface area contributed by atoms with Crippen LogP contribution in [0.2, 0.25) is 0 Å². The molecule has 112 valence electrons. The number of aromatic nitrogens is 2. The summed E-state index contributed by atoms with van der Waals surface area (Å²) in [5.41, 5.74) is 6.09. The molecule has 0 saturated heterocycles. The highest BCUT2D eigenvalue weighted by atomic mass is 32.2. The SMILES string of the molecule is CS(=O)(=O)c1c(NC2CCC2)nn(C2CCCC2)c1N. The average molecular weight is 298 g/mol. The van der Waals surface area contributed by atoms with Gasteiger partial charge in [0, 0.05) is 12.3 Å². The Bertz CT molecular complexity index is 598. The monoisotopic (exact) mass is 298 g/mol. The smallest absolute Gasteiger partial charge is 0.182 e. The van der Waals surface area contributed by atoms with Crippen LogP contribution in [0.4, 0.5) is 11.6 Å². The maximum atomic E-state index is 12.0. The van der Waals surface area contributed by atoms with Crippen LogP contribution in [0.3, 0.4) is 0 Å². The van der Waals surface area contributed by atoms with Crippen molar-refractivity contribution >= 4 is 21.5 Å². The summed E-state index contributed by atoms with van der Waals surface area (Å²) in [6, 6.07) is 0.578. The Morgan fingerprint density at radius 2 is 1.85 bits per heavy atom. The maximum absolute atomic E-state index is 12.0. The van der Waals surface area contributed by atoms with E-state index in [0.717, 1.165) is 38.5 Å². The van der Waals surface area contributed by atoms with Crippen molar-refractivity contribution in [2.75, 3.05) is 17.3 Å². The van der Waals surface area contributed by atoms with Crippen LogP contribution in [0.5, 0.6) is 0 Å². The molecule has 2 saturated carbocycles. The third-order valence-corrected chi connectivity index (χ3v) is 5.53.